The van der Waals surface area contributed by atoms with Crippen molar-refractivity contribution in [3.8, 4) is 0 Å². The summed E-state index contributed by atoms with van der Waals surface area (Å²) < 4.78 is 2.04. The molecule has 1 aromatic rings. The van der Waals surface area contributed by atoms with E-state index < -0.39 is 0 Å². The van der Waals surface area contributed by atoms with Gasteiger partial charge in [0.25, 0.3) is 0 Å². The Labute approximate surface area is 117 Å². The summed E-state index contributed by atoms with van der Waals surface area (Å²) in [7, 11) is 0. The fraction of sp³-hybridized carbons (Fsp3) is 0.812. The quantitative estimate of drug-likeness (QED) is 0.762. The first-order valence-corrected chi connectivity index (χ1v) is 8.00. The summed E-state index contributed by atoms with van der Waals surface area (Å²) in [6, 6.07) is 0. The van der Waals surface area contributed by atoms with Gasteiger partial charge in [-0.25, -0.2) is 0 Å². The van der Waals surface area contributed by atoms with Gasteiger partial charge in [-0.2, -0.15) is 5.10 Å². The highest BCUT2D eigenvalue weighted by Gasteiger charge is 2.17. The molecule has 3 heteroatoms. The molecule has 0 bridgehead atoms. The van der Waals surface area contributed by atoms with Gasteiger partial charge in [0.15, 0.2) is 0 Å². The minimum absolute atomic E-state index is 0.964. The first kappa shape index (κ1) is 14.6. The first-order valence-electron chi connectivity index (χ1n) is 8.00. The Morgan fingerprint density at radius 1 is 1.32 bits per heavy atom. The number of hydrogen-bond donors (Lipinski definition) is 1. The van der Waals surface area contributed by atoms with Crippen molar-refractivity contribution < 1.29 is 0 Å². The van der Waals surface area contributed by atoms with E-state index in [1.54, 1.807) is 0 Å². The van der Waals surface area contributed by atoms with Crippen LogP contribution in [0.2, 0.25) is 0 Å². The van der Waals surface area contributed by atoms with Crippen LogP contribution in [0, 0.1) is 11.8 Å². The Bertz CT molecular complexity index is 351. The van der Waals surface area contributed by atoms with Crippen LogP contribution in [0.3, 0.4) is 0 Å². The maximum absolute atomic E-state index is 4.36. The lowest BCUT2D eigenvalue weighted by atomic mass is 9.81. The average Bonchev–Trinajstić information content (AvgIpc) is 2.85. The van der Waals surface area contributed by atoms with Gasteiger partial charge in [0.05, 0.1) is 6.20 Å². The van der Waals surface area contributed by atoms with Crippen molar-refractivity contribution in [3.05, 3.63) is 18.0 Å². The average molecular weight is 263 g/mol. The van der Waals surface area contributed by atoms with Gasteiger partial charge in [0.1, 0.15) is 0 Å². The van der Waals surface area contributed by atoms with Crippen molar-refractivity contribution in [2.24, 2.45) is 11.8 Å². The molecule has 0 amide bonds. The van der Waals surface area contributed by atoms with Gasteiger partial charge in [0, 0.05) is 24.8 Å². The van der Waals surface area contributed by atoms with Crippen LogP contribution in [0.15, 0.2) is 12.4 Å². The molecule has 0 unspecified atom stereocenters. The van der Waals surface area contributed by atoms with E-state index in [9.17, 15) is 0 Å². The minimum atomic E-state index is 0.964. The van der Waals surface area contributed by atoms with E-state index >= 15 is 0 Å². The fourth-order valence-electron chi connectivity index (χ4n) is 3.01. The molecule has 108 valence electrons. The van der Waals surface area contributed by atoms with Crippen molar-refractivity contribution in [1.29, 1.82) is 0 Å². The molecule has 1 N–H and O–H groups in total. The topological polar surface area (TPSA) is 29.9 Å². The molecule has 1 saturated carbocycles. The molecule has 3 nitrogen and oxygen atoms in total. The summed E-state index contributed by atoms with van der Waals surface area (Å²) in [4.78, 5) is 0. The normalized spacial score (nSPS) is 23.7. The zero-order valence-electron chi connectivity index (χ0n) is 12.6. The maximum Gasteiger partial charge on any atom is 0.0534 e. The molecule has 0 aliphatic heterocycles. The van der Waals surface area contributed by atoms with E-state index in [1.807, 2.05) is 10.9 Å². The molecule has 0 atom stereocenters. The van der Waals surface area contributed by atoms with Crippen LogP contribution in [-0.2, 0) is 13.1 Å². The lowest BCUT2D eigenvalue weighted by Gasteiger charge is -2.26. The summed E-state index contributed by atoms with van der Waals surface area (Å²) in [5, 5.41) is 7.92. The smallest absolute Gasteiger partial charge is 0.0534 e. The van der Waals surface area contributed by atoms with Crippen molar-refractivity contribution in [3.63, 3.8) is 0 Å². The monoisotopic (exact) mass is 263 g/mol. The molecular formula is C16H29N3. The highest BCUT2D eigenvalue weighted by atomic mass is 15.3. The molecular weight excluding hydrogens is 234 g/mol. The lowest BCUT2D eigenvalue weighted by molar-refractivity contribution is 0.275. The predicted octanol–water partition coefficient (Wildman–Crippen LogP) is 3.60. The van der Waals surface area contributed by atoms with Gasteiger partial charge < -0.3 is 5.32 Å². The highest BCUT2D eigenvalue weighted by Crippen LogP contribution is 2.29. The van der Waals surface area contributed by atoms with Gasteiger partial charge >= 0.3 is 0 Å². The molecule has 0 aromatic carbocycles. The maximum atomic E-state index is 4.36. The molecule has 0 spiro atoms. The number of nitrogens with zero attached hydrogens (tertiary/aromatic N) is 2. The number of aryl methyl sites for hydroxylation is 1. The van der Waals surface area contributed by atoms with Crippen molar-refractivity contribution in [2.45, 2.75) is 65.5 Å². The molecule has 0 saturated heterocycles. The molecule has 1 aliphatic rings. The highest BCUT2D eigenvalue weighted by molar-refractivity contribution is 5.03. The van der Waals surface area contributed by atoms with Crippen LogP contribution >= 0.6 is 0 Å². The molecule has 2 rings (SSSR count). The third kappa shape index (κ3) is 4.98. The van der Waals surface area contributed by atoms with E-state index in [0.29, 0.717) is 0 Å². The number of nitrogens with one attached hydrogen (secondary N) is 1. The molecule has 1 heterocycles. The molecule has 1 fully saturated rings. The van der Waals surface area contributed by atoms with Crippen molar-refractivity contribution in [2.75, 3.05) is 6.54 Å². The summed E-state index contributed by atoms with van der Waals surface area (Å²) >= 11 is 0. The van der Waals surface area contributed by atoms with Gasteiger partial charge in [-0.05, 0) is 31.2 Å². The second kappa shape index (κ2) is 7.68. The number of aromatic nitrogens is 2. The summed E-state index contributed by atoms with van der Waals surface area (Å²) in [6.07, 6.45) is 12.4. The lowest BCUT2D eigenvalue weighted by Crippen LogP contribution is -2.20. The second-order valence-corrected chi connectivity index (χ2v) is 6.20. The van der Waals surface area contributed by atoms with E-state index in [1.165, 1.54) is 37.7 Å². The Kier molecular flexibility index (Phi) is 5.90. The standard InChI is InChI=1S/C16H29N3/c1-3-10-19-13-16(12-18-19)11-17-9-8-15-6-4-14(2)5-7-15/h12-15,17H,3-11H2,1-2H3. The Hall–Kier alpha value is -0.830. The Morgan fingerprint density at radius 2 is 2.11 bits per heavy atom. The zero-order valence-corrected chi connectivity index (χ0v) is 12.6. The first-order chi connectivity index (χ1) is 9.28. The fourth-order valence-corrected chi connectivity index (χ4v) is 3.01. The second-order valence-electron chi connectivity index (χ2n) is 6.20. The van der Waals surface area contributed by atoms with Crippen molar-refractivity contribution in [1.82, 2.24) is 15.1 Å². The summed E-state index contributed by atoms with van der Waals surface area (Å²) in [5.74, 6) is 1.93. The van der Waals surface area contributed by atoms with E-state index in [4.69, 9.17) is 0 Å². The van der Waals surface area contributed by atoms with Crippen LogP contribution in [0.5, 0.6) is 0 Å². The number of hydrogen-bond acceptors (Lipinski definition) is 2. The molecule has 1 aromatic heterocycles. The van der Waals surface area contributed by atoms with Gasteiger partial charge in [-0.1, -0.05) is 39.5 Å². The van der Waals surface area contributed by atoms with Gasteiger partial charge in [-0.15, -0.1) is 0 Å². The Morgan fingerprint density at radius 3 is 2.84 bits per heavy atom. The van der Waals surface area contributed by atoms with Gasteiger partial charge in [-0.3, -0.25) is 4.68 Å². The van der Waals surface area contributed by atoms with Crippen LogP contribution in [0.25, 0.3) is 0 Å². The van der Waals surface area contributed by atoms with Crippen LogP contribution in [0.4, 0.5) is 0 Å². The molecule has 0 radical (unpaired) electrons. The van der Waals surface area contributed by atoms with E-state index in [2.05, 4.69) is 30.5 Å². The molecule has 1 aliphatic carbocycles. The third-order valence-electron chi connectivity index (χ3n) is 4.33. The van der Waals surface area contributed by atoms with E-state index in [0.717, 1.165) is 37.9 Å². The van der Waals surface area contributed by atoms with Crippen LogP contribution in [-0.4, -0.2) is 16.3 Å². The van der Waals surface area contributed by atoms with Gasteiger partial charge in [0.2, 0.25) is 0 Å². The van der Waals surface area contributed by atoms with Crippen LogP contribution < -0.4 is 5.32 Å². The zero-order chi connectivity index (χ0) is 13.5. The summed E-state index contributed by atoms with van der Waals surface area (Å²) in [5.41, 5.74) is 1.31. The van der Waals surface area contributed by atoms with E-state index in [-0.39, 0.29) is 0 Å². The Balaban J connectivity index is 1.58. The summed E-state index contributed by atoms with van der Waals surface area (Å²) in [6.45, 7) is 7.72. The predicted molar refractivity (Wildman–Crippen MR) is 80.0 cm³/mol. The number of rotatable bonds is 7. The van der Waals surface area contributed by atoms with Crippen molar-refractivity contribution >= 4 is 0 Å². The molecule has 19 heavy (non-hydrogen) atoms. The van der Waals surface area contributed by atoms with Crippen LogP contribution in [0.1, 0.15) is 57.9 Å². The minimum Gasteiger partial charge on any atom is -0.313 e. The largest absolute Gasteiger partial charge is 0.313 e. The SMILES string of the molecule is CCCn1cc(CNCCC2CCC(C)CC2)cn1. The third-order valence-corrected chi connectivity index (χ3v) is 4.33.